The standard InChI is InChI=1S/C13H16N4O/c14-7-5-10-1-3-11(4-2-10)9-15-13(18)12-6-8-16-17-12/h1-4,6,8H,5,7,9,14H2,(H,15,18)(H,16,17). The number of H-pyrrole nitrogens is 1. The molecule has 2 aromatic rings. The molecular formula is C13H16N4O. The largest absolute Gasteiger partial charge is 0.347 e. The quantitative estimate of drug-likeness (QED) is 0.728. The second-order valence-corrected chi connectivity index (χ2v) is 4.01. The maximum Gasteiger partial charge on any atom is 0.269 e. The predicted molar refractivity (Wildman–Crippen MR) is 69.0 cm³/mol. The highest BCUT2D eigenvalue weighted by Crippen LogP contribution is 2.05. The molecule has 5 heteroatoms. The van der Waals surface area contributed by atoms with Crippen molar-refractivity contribution in [1.29, 1.82) is 0 Å². The van der Waals surface area contributed by atoms with Gasteiger partial charge in [-0.25, -0.2) is 0 Å². The Morgan fingerprint density at radius 3 is 2.56 bits per heavy atom. The van der Waals surface area contributed by atoms with Crippen LogP contribution in [0, 0.1) is 0 Å². The van der Waals surface area contributed by atoms with E-state index in [0.717, 1.165) is 12.0 Å². The van der Waals surface area contributed by atoms with Gasteiger partial charge < -0.3 is 11.1 Å². The Labute approximate surface area is 105 Å². The smallest absolute Gasteiger partial charge is 0.269 e. The normalized spacial score (nSPS) is 10.3. The van der Waals surface area contributed by atoms with Crippen LogP contribution in [0.15, 0.2) is 36.5 Å². The minimum absolute atomic E-state index is 0.154. The molecule has 0 saturated carbocycles. The Kier molecular flexibility index (Phi) is 4.09. The molecule has 1 amide bonds. The van der Waals surface area contributed by atoms with E-state index in [4.69, 9.17) is 5.73 Å². The Morgan fingerprint density at radius 1 is 1.22 bits per heavy atom. The fourth-order valence-electron chi connectivity index (χ4n) is 1.65. The van der Waals surface area contributed by atoms with E-state index in [9.17, 15) is 4.79 Å². The molecule has 94 valence electrons. The van der Waals surface area contributed by atoms with E-state index in [1.807, 2.05) is 24.3 Å². The zero-order valence-electron chi connectivity index (χ0n) is 10.0. The SMILES string of the molecule is NCCc1ccc(CNC(=O)c2ccn[nH]2)cc1. The number of hydrogen-bond acceptors (Lipinski definition) is 3. The Balaban J connectivity index is 1.88. The first-order valence-corrected chi connectivity index (χ1v) is 5.85. The van der Waals surface area contributed by atoms with Crippen molar-refractivity contribution in [3.63, 3.8) is 0 Å². The Morgan fingerprint density at radius 2 is 1.94 bits per heavy atom. The van der Waals surface area contributed by atoms with E-state index in [1.165, 1.54) is 5.56 Å². The van der Waals surface area contributed by atoms with Crippen LogP contribution in [0.5, 0.6) is 0 Å². The van der Waals surface area contributed by atoms with Crippen LogP contribution in [0.25, 0.3) is 0 Å². The van der Waals surface area contributed by atoms with Crippen LogP contribution in [0.2, 0.25) is 0 Å². The van der Waals surface area contributed by atoms with Crippen LogP contribution < -0.4 is 11.1 Å². The number of aromatic nitrogens is 2. The molecule has 18 heavy (non-hydrogen) atoms. The van der Waals surface area contributed by atoms with E-state index >= 15 is 0 Å². The summed E-state index contributed by atoms with van der Waals surface area (Å²) in [6.07, 6.45) is 2.43. The first kappa shape index (κ1) is 12.3. The average molecular weight is 244 g/mol. The monoisotopic (exact) mass is 244 g/mol. The molecule has 1 aromatic heterocycles. The summed E-state index contributed by atoms with van der Waals surface area (Å²) in [5.41, 5.74) is 8.22. The summed E-state index contributed by atoms with van der Waals surface area (Å²) in [4.78, 5) is 11.6. The Hall–Kier alpha value is -2.14. The van der Waals surface area contributed by atoms with Gasteiger partial charge in [-0.15, -0.1) is 0 Å². The number of amides is 1. The van der Waals surface area contributed by atoms with E-state index in [1.54, 1.807) is 12.3 Å². The molecule has 0 aliphatic rings. The molecule has 0 fully saturated rings. The number of nitrogens with two attached hydrogens (primary N) is 1. The summed E-state index contributed by atoms with van der Waals surface area (Å²) in [7, 11) is 0. The van der Waals surface area contributed by atoms with Crippen molar-refractivity contribution < 1.29 is 4.79 Å². The summed E-state index contributed by atoms with van der Waals surface area (Å²) in [6, 6.07) is 9.70. The van der Waals surface area contributed by atoms with Crippen LogP contribution in [-0.4, -0.2) is 22.6 Å². The maximum absolute atomic E-state index is 11.6. The lowest BCUT2D eigenvalue weighted by molar-refractivity contribution is 0.0946. The van der Waals surface area contributed by atoms with E-state index in [0.29, 0.717) is 18.8 Å². The third kappa shape index (κ3) is 3.18. The minimum Gasteiger partial charge on any atom is -0.347 e. The van der Waals surface area contributed by atoms with Gasteiger partial charge in [0.2, 0.25) is 0 Å². The molecule has 0 atom stereocenters. The third-order valence-electron chi connectivity index (χ3n) is 2.65. The first-order valence-electron chi connectivity index (χ1n) is 5.85. The molecular weight excluding hydrogens is 228 g/mol. The van der Waals surface area contributed by atoms with Gasteiger partial charge in [0.25, 0.3) is 5.91 Å². The molecule has 0 aliphatic carbocycles. The number of carbonyl (C=O) groups is 1. The molecule has 0 bridgehead atoms. The van der Waals surface area contributed by atoms with E-state index in [2.05, 4.69) is 15.5 Å². The zero-order valence-corrected chi connectivity index (χ0v) is 10.0. The number of rotatable bonds is 5. The Bertz CT molecular complexity index is 490. The van der Waals surface area contributed by atoms with Gasteiger partial charge in [0.05, 0.1) is 0 Å². The first-order chi connectivity index (χ1) is 8.79. The van der Waals surface area contributed by atoms with Gasteiger partial charge >= 0.3 is 0 Å². The number of nitrogens with one attached hydrogen (secondary N) is 2. The van der Waals surface area contributed by atoms with E-state index < -0.39 is 0 Å². The summed E-state index contributed by atoms with van der Waals surface area (Å²) >= 11 is 0. The molecule has 0 saturated heterocycles. The molecule has 0 spiro atoms. The molecule has 1 heterocycles. The second-order valence-electron chi connectivity index (χ2n) is 4.01. The number of nitrogens with zero attached hydrogens (tertiary/aromatic N) is 1. The molecule has 2 rings (SSSR count). The topological polar surface area (TPSA) is 83.8 Å². The molecule has 0 radical (unpaired) electrons. The van der Waals surface area contributed by atoms with Crippen molar-refractivity contribution in [1.82, 2.24) is 15.5 Å². The van der Waals surface area contributed by atoms with Crippen LogP contribution in [-0.2, 0) is 13.0 Å². The van der Waals surface area contributed by atoms with Crippen LogP contribution in [0.3, 0.4) is 0 Å². The fourth-order valence-corrected chi connectivity index (χ4v) is 1.65. The summed E-state index contributed by atoms with van der Waals surface area (Å²) in [5, 5.41) is 9.17. The van der Waals surface area contributed by atoms with Crippen molar-refractivity contribution in [3.05, 3.63) is 53.3 Å². The third-order valence-corrected chi connectivity index (χ3v) is 2.65. The van der Waals surface area contributed by atoms with Gasteiger partial charge in [-0.3, -0.25) is 9.89 Å². The van der Waals surface area contributed by atoms with Crippen LogP contribution in [0.1, 0.15) is 21.6 Å². The number of hydrogen-bond donors (Lipinski definition) is 3. The minimum atomic E-state index is -0.154. The van der Waals surface area contributed by atoms with Crippen molar-refractivity contribution in [2.45, 2.75) is 13.0 Å². The highest BCUT2D eigenvalue weighted by molar-refractivity contribution is 5.91. The van der Waals surface area contributed by atoms with Gasteiger partial charge in [0, 0.05) is 12.7 Å². The van der Waals surface area contributed by atoms with Crippen LogP contribution in [0.4, 0.5) is 0 Å². The number of aromatic amines is 1. The van der Waals surface area contributed by atoms with Crippen LogP contribution >= 0.6 is 0 Å². The lowest BCUT2D eigenvalue weighted by atomic mass is 10.1. The number of carbonyl (C=O) groups excluding carboxylic acids is 1. The molecule has 5 nitrogen and oxygen atoms in total. The van der Waals surface area contributed by atoms with Crippen molar-refractivity contribution in [3.8, 4) is 0 Å². The maximum atomic E-state index is 11.6. The molecule has 0 aliphatic heterocycles. The highest BCUT2D eigenvalue weighted by Gasteiger charge is 2.05. The van der Waals surface area contributed by atoms with Crippen molar-refractivity contribution in [2.24, 2.45) is 5.73 Å². The highest BCUT2D eigenvalue weighted by atomic mass is 16.1. The van der Waals surface area contributed by atoms with Crippen molar-refractivity contribution >= 4 is 5.91 Å². The van der Waals surface area contributed by atoms with Gasteiger partial charge in [-0.2, -0.15) is 5.10 Å². The lowest BCUT2D eigenvalue weighted by Gasteiger charge is -2.05. The van der Waals surface area contributed by atoms with E-state index in [-0.39, 0.29) is 5.91 Å². The summed E-state index contributed by atoms with van der Waals surface area (Å²) in [5.74, 6) is -0.154. The molecule has 0 unspecified atom stereocenters. The molecule has 4 N–H and O–H groups in total. The number of benzene rings is 1. The fraction of sp³-hybridized carbons (Fsp3) is 0.231. The summed E-state index contributed by atoms with van der Waals surface area (Å²) in [6.45, 7) is 1.15. The summed E-state index contributed by atoms with van der Waals surface area (Å²) < 4.78 is 0. The van der Waals surface area contributed by atoms with Gasteiger partial charge in [0.1, 0.15) is 5.69 Å². The molecule has 1 aromatic carbocycles. The second kappa shape index (κ2) is 5.97. The van der Waals surface area contributed by atoms with Gasteiger partial charge in [-0.05, 0) is 30.2 Å². The average Bonchev–Trinajstić information content (AvgIpc) is 2.92. The zero-order chi connectivity index (χ0) is 12.8. The van der Waals surface area contributed by atoms with Gasteiger partial charge in [-0.1, -0.05) is 24.3 Å². The van der Waals surface area contributed by atoms with Gasteiger partial charge in [0.15, 0.2) is 0 Å². The lowest BCUT2D eigenvalue weighted by Crippen LogP contribution is -2.23. The predicted octanol–water partition coefficient (Wildman–Crippen LogP) is 0.841. The van der Waals surface area contributed by atoms with Crippen molar-refractivity contribution in [2.75, 3.05) is 6.54 Å².